The highest BCUT2D eigenvalue weighted by Gasteiger charge is 2.13. The maximum Gasteiger partial charge on any atom is 0.323 e. The van der Waals surface area contributed by atoms with E-state index in [4.69, 9.17) is 0 Å². The molecule has 2 atom stereocenters. The number of benzene rings is 2. The number of hydrogen-bond acceptors (Lipinski definition) is 1. The van der Waals surface area contributed by atoms with E-state index in [1.165, 1.54) is 11.1 Å². The van der Waals surface area contributed by atoms with E-state index < -0.39 is 0 Å². The molecule has 2 N–H and O–H groups in total. The minimum absolute atomic E-state index is 0.193. The first-order valence-corrected chi connectivity index (χ1v) is 8.82. The van der Waals surface area contributed by atoms with Crippen molar-refractivity contribution in [2.75, 3.05) is 10.6 Å². The summed E-state index contributed by atoms with van der Waals surface area (Å²) in [5, 5.41) is 6.02. The molecule has 0 aliphatic carbocycles. The molecule has 0 spiro atoms. The second-order valence-electron chi connectivity index (χ2n) is 6.37. The van der Waals surface area contributed by atoms with Crippen LogP contribution in [0.15, 0.2) is 48.5 Å². The molecule has 0 heterocycles. The number of hydrogen-bond donors (Lipinski definition) is 2. The van der Waals surface area contributed by atoms with Crippen molar-refractivity contribution < 1.29 is 4.79 Å². The van der Waals surface area contributed by atoms with Crippen LogP contribution in [0, 0.1) is 0 Å². The Labute approximate surface area is 145 Å². The third-order valence-corrected chi connectivity index (χ3v) is 4.70. The molecule has 3 heteroatoms. The summed E-state index contributed by atoms with van der Waals surface area (Å²) in [6.07, 6.45) is 2.08. The fourth-order valence-corrected chi connectivity index (χ4v) is 2.80. The van der Waals surface area contributed by atoms with Crippen LogP contribution in [0.5, 0.6) is 0 Å². The fourth-order valence-electron chi connectivity index (χ4n) is 2.80. The number of nitrogens with one attached hydrogen (secondary N) is 2. The van der Waals surface area contributed by atoms with Crippen molar-refractivity contribution in [3.8, 4) is 0 Å². The van der Waals surface area contributed by atoms with Crippen LogP contribution in [0.25, 0.3) is 0 Å². The lowest BCUT2D eigenvalue weighted by molar-refractivity contribution is 0.262. The van der Waals surface area contributed by atoms with E-state index in [0.717, 1.165) is 24.2 Å². The van der Waals surface area contributed by atoms with Gasteiger partial charge in [0.1, 0.15) is 0 Å². The van der Waals surface area contributed by atoms with Crippen LogP contribution in [0.2, 0.25) is 0 Å². The van der Waals surface area contributed by atoms with E-state index in [1.807, 2.05) is 36.4 Å². The van der Waals surface area contributed by atoms with Crippen molar-refractivity contribution >= 4 is 17.4 Å². The summed E-state index contributed by atoms with van der Waals surface area (Å²) in [6.45, 7) is 8.67. The number of amides is 2. The molecule has 2 amide bonds. The zero-order valence-corrected chi connectivity index (χ0v) is 15.1. The minimum Gasteiger partial charge on any atom is -0.307 e. The predicted molar refractivity (Wildman–Crippen MR) is 103 cm³/mol. The van der Waals surface area contributed by atoms with Crippen LogP contribution in [0.1, 0.15) is 63.5 Å². The highest BCUT2D eigenvalue weighted by atomic mass is 16.2. The topological polar surface area (TPSA) is 41.1 Å². The highest BCUT2D eigenvalue weighted by molar-refractivity contribution is 6.00. The molecular weight excluding hydrogens is 296 g/mol. The van der Waals surface area contributed by atoms with Gasteiger partial charge in [-0.05, 0) is 47.9 Å². The van der Waals surface area contributed by atoms with Gasteiger partial charge in [-0.25, -0.2) is 4.79 Å². The van der Waals surface area contributed by atoms with Gasteiger partial charge < -0.3 is 10.6 Å². The predicted octanol–water partition coefficient (Wildman–Crippen LogP) is 6.36. The van der Waals surface area contributed by atoms with Crippen LogP contribution in [-0.4, -0.2) is 6.03 Å². The van der Waals surface area contributed by atoms with Crippen LogP contribution in [0.4, 0.5) is 16.2 Å². The Bertz CT molecular complexity index is 624. The second-order valence-corrected chi connectivity index (χ2v) is 6.37. The lowest BCUT2D eigenvalue weighted by Gasteiger charge is -2.18. The number of carbonyl (C=O) groups is 1. The van der Waals surface area contributed by atoms with Gasteiger partial charge >= 0.3 is 6.03 Å². The Balaban J connectivity index is 2.16. The summed E-state index contributed by atoms with van der Waals surface area (Å²) in [5.41, 5.74) is 4.10. The minimum atomic E-state index is -0.193. The van der Waals surface area contributed by atoms with Gasteiger partial charge in [-0.15, -0.1) is 0 Å². The Hall–Kier alpha value is -2.29. The van der Waals surface area contributed by atoms with Gasteiger partial charge in [-0.1, -0.05) is 64.1 Å². The van der Waals surface area contributed by atoms with Crippen molar-refractivity contribution in [1.82, 2.24) is 0 Å². The molecule has 3 nitrogen and oxygen atoms in total. The quantitative estimate of drug-likeness (QED) is 0.638. The largest absolute Gasteiger partial charge is 0.323 e. The molecule has 128 valence electrons. The van der Waals surface area contributed by atoms with Gasteiger partial charge in [0.15, 0.2) is 0 Å². The third-order valence-electron chi connectivity index (χ3n) is 4.70. The van der Waals surface area contributed by atoms with Gasteiger partial charge in [-0.2, -0.15) is 0 Å². The molecule has 0 radical (unpaired) electrons. The average molecular weight is 324 g/mol. The zero-order chi connectivity index (χ0) is 17.5. The summed E-state index contributed by atoms with van der Waals surface area (Å²) in [6, 6.07) is 15.8. The Morgan fingerprint density at radius 3 is 1.54 bits per heavy atom. The van der Waals surface area contributed by atoms with Crippen LogP contribution < -0.4 is 10.6 Å². The van der Waals surface area contributed by atoms with E-state index in [9.17, 15) is 4.79 Å². The summed E-state index contributed by atoms with van der Waals surface area (Å²) in [4.78, 5) is 12.5. The highest BCUT2D eigenvalue weighted by Crippen LogP contribution is 2.28. The average Bonchev–Trinajstić information content (AvgIpc) is 2.61. The van der Waals surface area contributed by atoms with Gasteiger partial charge in [-0.3, -0.25) is 0 Å². The van der Waals surface area contributed by atoms with Gasteiger partial charge in [0, 0.05) is 11.4 Å². The number of para-hydroxylation sites is 2. The molecule has 0 aliphatic rings. The zero-order valence-electron chi connectivity index (χ0n) is 15.1. The molecular formula is C21H28N2O. The Kier molecular flexibility index (Phi) is 6.42. The number of anilines is 2. The molecule has 2 unspecified atom stereocenters. The van der Waals surface area contributed by atoms with Crippen molar-refractivity contribution in [3.63, 3.8) is 0 Å². The van der Waals surface area contributed by atoms with E-state index in [-0.39, 0.29) is 6.03 Å². The molecule has 2 aromatic carbocycles. The monoisotopic (exact) mass is 324 g/mol. The summed E-state index contributed by atoms with van der Waals surface area (Å²) >= 11 is 0. The first-order chi connectivity index (χ1) is 11.6. The van der Waals surface area contributed by atoms with Crippen molar-refractivity contribution in [1.29, 1.82) is 0 Å². The Morgan fingerprint density at radius 1 is 0.792 bits per heavy atom. The number of rotatable bonds is 6. The first kappa shape index (κ1) is 18.1. The van der Waals surface area contributed by atoms with Crippen LogP contribution in [-0.2, 0) is 0 Å². The molecule has 0 saturated carbocycles. The SMILES string of the molecule is CCC(C)c1ccccc1NC(=O)Nc1ccccc1C(C)CC. The lowest BCUT2D eigenvalue weighted by Crippen LogP contribution is -2.21. The van der Waals surface area contributed by atoms with E-state index in [1.54, 1.807) is 0 Å². The molecule has 2 aromatic rings. The van der Waals surface area contributed by atoms with Crippen molar-refractivity contribution in [3.05, 3.63) is 59.7 Å². The van der Waals surface area contributed by atoms with E-state index in [0.29, 0.717) is 11.8 Å². The lowest BCUT2D eigenvalue weighted by atomic mass is 9.96. The van der Waals surface area contributed by atoms with Crippen LogP contribution >= 0.6 is 0 Å². The molecule has 0 bridgehead atoms. The van der Waals surface area contributed by atoms with Crippen LogP contribution in [0.3, 0.4) is 0 Å². The molecule has 24 heavy (non-hydrogen) atoms. The van der Waals surface area contributed by atoms with Gasteiger partial charge in [0.05, 0.1) is 0 Å². The first-order valence-electron chi connectivity index (χ1n) is 8.82. The fraction of sp³-hybridized carbons (Fsp3) is 0.381. The number of urea groups is 1. The molecule has 0 fully saturated rings. The van der Waals surface area contributed by atoms with Gasteiger partial charge in [0.25, 0.3) is 0 Å². The van der Waals surface area contributed by atoms with E-state index in [2.05, 4.69) is 50.5 Å². The second kappa shape index (κ2) is 8.53. The molecule has 0 aliphatic heterocycles. The molecule has 2 rings (SSSR count). The standard InChI is InChI=1S/C21H28N2O/c1-5-15(3)17-11-7-9-13-19(17)22-21(24)23-20-14-10-8-12-18(20)16(4)6-2/h7-16H,5-6H2,1-4H3,(H2,22,23,24). The molecule has 0 aromatic heterocycles. The smallest absolute Gasteiger partial charge is 0.307 e. The summed E-state index contributed by atoms with van der Waals surface area (Å²) in [5.74, 6) is 0.822. The van der Waals surface area contributed by atoms with Crippen molar-refractivity contribution in [2.24, 2.45) is 0 Å². The summed E-state index contributed by atoms with van der Waals surface area (Å²) in [7, 11) is 0. The summed E-state index contributed by atoms with van der Waals surface area (Å²) < 4.78 is 0. The maximum atomic E-state index is 12.5. The number of carbonyl (C=O) groups excluding carboxylic acids is 1. The Morgan fingerprint density at radius 2 is 1.17 bits per heavy atom. The molecule has 0 saturated heterocycles. The van der Waals surface area contributed by atoms with Gasteiger partial charge in [0.2, 0.25) is 0 Å². The van der Waals surface area contributed by atoms with Crippen molar-refractivity contribution in [2.45, 2.75) is 52.4 Å². The third kappa shape index (κ3) is 4.38. The normalized spacial score (nSPS) is 13.2. The van der Waals surface area contributed by atoms with E-state index >= 15 is 0 Å². The maximum absolute atomic E-state index is 12.5.